The molecule has 0 bridgehead atoms. The van der Waals surface area contributed by atoms with Crippen molar-refractivity contribution in [3.63, 3.8) is 0 Å². The van der Waals surface area contributed by atoms with Gasteiger partial charge in [-0.25, -0.2) is 18.0 Å². The number of nitrogens with zero attached hydrogens (tertiary/aromatic N) is 1. The number of nitrogens with one attached hydrogen (secondary N) is 1. The van der Waals surface area contributed by atoms with Crippen molar-refractivity contribution in [3.05, 3.63) is 81.6 Å². The predicted octanol–water partition coefficient (Wildman–Crippen LogP) is 3.18. The number of hydrogen-bond acceptors (Lipinski definition) is 10. The lowest BCUT2D eigenvalue weighted by atomic mass is 9.98. The number of halogens is 3. The fraction of sp³-hybridized carbons (Fsp3) is 0.333. The van der Waals surface area contributed by atoms with Crippen molar-refractivity contribution in [1.29, 1.82) is 0 Å². The van der Waals surface area contributed by atoms with Crippen LogP contribution < -0.4 is 29.8 Å². The van der Waals surface area contributed by atoms with Crippen LogP contribution in [-0.2, 0) is 21.1 Å². The number of benzene rings is 2. The highest BCUT2D eigenvalue weighted by Gasteiger charge is 2.62. The number of alkyl halides is 3. The quantitative estimate of drug-likeness (QED) is 0.315. The topological polar surface area (TPSA) is 130 Å². The van der Waals surface area contributed by atoms with E-state index in [4.69, 9.17) is 39.6 Å². The second kappa shape index (κ2) is 12.0. The third-order valence-electron chi connectivity index (χ3n) is 5.90. The number of hydrogen-bond donors (Lipinski definition) is 2. The Hall–Kier alpha value is -3.36. The molecule has 4 atom stereocenters. The molecule has 1 saturated heterocycles. The van der Waals surface area contributed by atoms with Gasteiger partial charge in [-0.05, 0) is 48.5 Å². The van der Waals surface area contributed by atoms with Crippen LogP contribution in [0.2, 0.25) is 0 Å². The van der Waals surface area contributed by atoms with Crippen molar-refractivity contribution in [2.45, 2.75) is 30.5 Å². The minimum Gasteiger partial charge on any atom is -0.497 e. The monoisotopic (exact) mass is 604 g/mol. The summed E-state index contributed by atoms with van der Waals surface area (Å²) >= 11 is 5.49. The summed E-state index contributed by atoms with van der Waals surface area (Å²) in [6, 6.07) is 12.9. The first-order chi connectivity index (χ1) is 19.0. The lowest BCUT2D eigenvalue weighted by Crippen LogP contribution is -2.50. The highest BCUT2D eigenvalue weighted by molar-refractivity contribution is 8.07. The van der Waals surface area contributed by atoms with Crippen LogP contribution in [0.25, 0.3) is 0 Å². The Morgan fingerprint density at radius 2 is 1.50 bits per heavy atom. The van der Waals surface area contributed by atoms with Crippen LogP contribution in [0, 0.1) is 0 Å². The molecular formula is C24H24F3N2O9PS. The van der Waals surface area contributed by atoms with Crippen molar-refractivity contribution in [3.8, 4) is 23.0 Å². The molecule has 2 aromatic carbocycles. The van der Waals surface area contributed by atoms with E-state index in [0.717, 1.165) is 12.3 Å². The summed E-state index contributed by atoms with van der Waals surface area (Å²) in [6.07, 6.45) is -9.58. The molecule has 3 aromatic rings. The SMILES string of the molecule is COc1ccc(OP(=S)(OC[C@]2(C(F)F)O[C@H](n3ccc(=O)[nH]c3=O)C(O)C2F)Oc2ccc(OC)cc2)cc1. The van der Waals surface area contributed by atoms with E-state index in [-0.39, 0.29) is 11.5 Å². The molecule has 0 aliphatic carbocycles. The van der Waals surface area contributed by atoms with Crippen molar-refractivity contribution in [2.24, 2.45) is 0 Å². The molecule has 0 radical (unpaired) electrons. The van der Waals surface area contributed by atoms with Crippen LogP contribution in [0.5, 0.6) is 23.0 Å². The Bertz CT molecular complexity index is 1420. The molecule has 0 amide bonds. The zero-order valence-corrected chi connectivity index (χ0v) is 22.7. The van der Waals surface area contributed by atoms with Gasteiger partial charge in [0, 0.05) is 24.1 Å². The smallest absolute Gasteiger partial charge is 0.435 e. The molecule has 2 N–H and O–H groups in total. The highest BCUT2D eigenvalue weighted by Crippen LogP contribution is 2.53. The Labute approximate surface area is 230 Å². The maximum atomic E-state index is 15.4. The number of H-pyrrole nitrogens is 1. The van der Waals surface area contributed by atoms with E-state index in [0.29, 0.717) is 16.1 Å². The summed E-state index contributed by atoms with van der Waals surface area (Å²) in [5.41, 5.74) is -4.98. The fourth-order valence-corrected chi connectivity index (χ4v) is 5.71. The van der Waals surface area contributed by atoms with Gasteiger partial charge in [0.05, 0.1) is 20.8 Å². The van der Waals surface area contributed by atoms with Gasteiger partial charge in [0.1, 0.15) is 29.1 Å². The summed E-state index contributed by atoms with van der Waals surface area (Å²) in [5.74, 6) is 1.24. The maximum absolute atomic E-state index is 15.4. The first-order valence-electron chi connectivity index (χ1n) is 11.5. The second-order valence-electron chi connectivity index (χ2n) is 8.43. The average Bonchev–Trinajstić information content (AvgIpc) is 3.19. The van der Waals surface area contributed by atoms with E-state index in [9.17, 15) is 23.5 Å². The molecule has 216 valence electrons. The van der Waals surface area contributed by atoms with Crippen LogP contribution in [-0.4, -0.2) is 59.8 Å². The Kier molecular flexibility index (Phi) is 8.90. The molecule has 1 aliphatic heterocycles. The first-order valence-corrected chi connectivity index (χ1v) is 14.1. The van der Waals surface area contributed by atoms with E-state index in [2.05, 4.69) is 0 Å². The molecule has 1 aromatic heterocycles. The van der Waals surface area contributed by atoms with Crippen molar-refractivity contribution in [2.75, 3.05) is 20.8 Å². The summed E-state index contributed by atoms with van der Waals surface area (Å²) < 4.78 is 77.4. The number of methoxy groups -OCH3 is 2. The van der Waals surface area contributed by atoms with Gasteiger partial charge in [-0.2, -0.15) is 0 Å². The van der Waals surface area contributed by atoms with E-state index in [1.807, 2.05) is 4.98 Å². The number of aromatic amines is 1. The van der Waals surface area contributed by atoms with E-state index >= 15 is 4.39 Å². The van der Waals surface area contributed by atoms with Gasteiger partial charge in [0.25, 0.3) is 12.0 Å². The Morgan fingerprint density at radius 3 is 1.95 bits per heavy atom. The average molecular weight is 604 g/mol. The molecule has 4 rings (SSSR count). The third kappa shape index (κ3) is 6.18. The molecule has 16 heteroatoms. The normalized spacial score (nSPS) is 22.7. The number of aliphatic hydroxyl groups is 1. The van der Waals surface area contributed by atoms with Crippen molar-refractivity contribution < 1.29 is 46.1 Å². The van der Waals surface area contributed by atoms with Gasteiger partial charge >= 0.3 is 12.4 Å². The molecule has 1 aliphatic rings. The highest BCUT2D eigenvalue weighted by atomic mass is 32.5. The molecule has 11 nitrogen and oxygen atoms in total. The molecule has 2 unspecified atom stereocenters. The standard InChI is InChI=1S/C24H24F3N2O9PS/c1-33-14-3-7-16(8-4-14)37-39(40,38-17-9-5-15(34-2)6-10-17)35-13-24(22(26)27)20(25)19(31)21(36-24)29-12-11-18(30)28-23(29)32/h3-12,19-22,31H,13H2,1-2H3,(H,28,30,32)/t19?,20?,21-,24-/m0/s1. The second-order valence-corrected chi connectivity index (χ2v) is 11.3. The van der Waals surface area contributed by atoms with Crippen molar-refractivity contribution in [1.82, 2.24) is 9.55 Å². The molecule has 40 heavy (non-hydrogen) atoms. The lowest BCUT2D eigenvalue weighted by molar-refractivity contribution is -0.183. The summed E-state index contributed by atoms with van der Waals surface area (Å²) in [7, 11) is 2.91. The lowest BCUT2D eigenvalue weighted by Gasteiger charge is -2.32. The maximum Gasteiger partial charge on any atom is 0.435 e. The van der Waals surface area contributed by atoms with Gasteiger partial charge in [-0.15, -0.1) is 0 Å². The Morgan fingerprint density at radius 1 is 1.00 bits per heavy atom. The van der Waals surface area contributed by atoms with Crippen LogP contribution >= 0.6 is 6.72 Å². The largest absolute Gasteiger partial charge is 0.497 e. The minimum absolute atomic E-state index is 0.130. The van der Waals surface area contributed by atoms with Gasteiger partial charge in [-0.1, -0.05) is 0 Å². The van der Waals surface area contributed by atoms with Gasteiger partial charge in [0.15, 0.2) is 18.0 Å². The zero-order valence-electron chi connectivity index (χ0n) is 20.9. The molecule has 0 saturated carbocycles. The van der Waals surface area contributed by atoms with Gasteiger partial charge in [0.2, 0.25) is 0 Å². The molecule has 1 fully saturated rings. The number of aromatic nitrogens is 2. The van der Waals surface area contributed by atoms with Crippen LogP contribution in [0.1, 0.15) is 6.23 Å². The fourth-order valence-electron chi connectivity index (χ4n) is 3.77. The molecule has 0 spiro atoms. The first kappa shape index (κ1) is 29.6. The van der Waals surface area contributed by atoms with Gasteiger partial charge in [-0.3, -0.25) is 18.9 Å². The number of ether oxygens (including phenoxy) is 3. The summed E-state index contributed by atoms with van der Waals surface area (Å²) in [6.45, 7) is -5.26. The van der Waals surface area contributed by atoms with Crippen LogP contribution in [0.15, 0.2) is 70.4 Å². The zero-order chi connectivity index (χ0) is 29.1. The van der Waals surface area contributed by atoms with Crippen molar-refractivity contribution >= 4 is 18.5 Å². The number of rotatable bonds is 11. The van der Waals surface area contributed by atoms with Crippen LogP contribution in [0.4, 0.5) is 13.2 Å². The Balaban J connectivity index is 1.64. The predicted molar refractivity (Wildman–Crippen MR) is 139 cm³/mol. The summed E-state index contributed by atoms with van der Waals surface area (Å²) in [5, 5.41) is 10.4. The molecular weight excluding hydrogens is 580 g/mol. The van der Waals surface area contributed by atoms with E-state index < -0.39 is 55.1 Å². The molecule has 2 heterocycles. The van der Waals surface area contributed by atoms with E-state index in [1.165, 1.54) is 38.5 Å². The number of aliphatic hydroxyl groups excluding tert-OH is 1. The summed E-state index contributed by atoms with van der Waals surface area (Å²) in [4.78, 5) is 25.5. The third-order valence-corrected chi connectivity index (χ3v) is 7.97. The van der Waals surface area contributed by atoms with E-state index in [1.54, 1.807) is 24.3 Å². The van der Waals surface area contributed by atoms with Gasteiger partial charge < -0.3 is 28.4 Å². The van der Waals surface area contributed by atoms with Crippen LogP contribution in [0.3, 0.4) is 0 Å². The minimum atomic E-state index is -4.03.